The molecule has 0 aromatic heterocycles. The van der Waals surface area contributed by atoms with E-state index in [2.05, 4.69) is 4.99 Å². The van der Waals surface area contributed by atoms with Crippen LogP contribution in [0, 0.1) is 0 Å². The number of halogens is 2. The molecule has 1 aromatic rings. The average molecular weight is 489 g/mol. The van der Waals surface area contributed by atoms with Crippen molar-refractivity contribution in [2.24, 2.45) is 22.2 Å². The Morgan fingerprint density at radius 1 is 1.00 bits per heavy atom. The summed E-state index contributed by atoms with van der Waals surface area (Å²) in [5.41, 5.74) is 18.9. The number of nitrogens with zero attached hydrogens (tertiary/aromatic N) is 3. The highest BCUT2D eigenvalue weighted by Gasteiger charge is 2.22. The molecule has 0 aliphatic carbocycles. The summed E-state index contributed by atoms with van der Waals surface area (Å²) in [5, 5.41) is 0.652. The molecule has 2 rings (SSSR count). The quantitative estimate of drug-likeness (QED) is 0.248. The van der Waals surface area contributed by atoms with E-state index in [-0.39, 0.29) is 30.0 Å². The van der Waals surface area contributed by atoms with Crippen LogP contribution >= 0.6 is 23.2 Å². The van der Waals surface area contributed by atoms with Crippen molar-refractivity contribution in [3.63, 3.8) is 0 Å². The van der Waals surface area contributed by atoms with Crippen LogP contribution in [0.25, 0.3) is 5.70 Å². The molecular formula is C20H30Cl2N6O4. The minimum Gasteiger partial charge on any atom is -0.395 e. The van der Waals surface area contributed by atoms with Gasteiger partial charge < -0.3 is 41.2 Å². The molecule has 12 heteroatoms. The molecule has 0 radical (unpaired) electrons. The first-order valence-electron chi connectivity index (χ1n) is 10.1. The van der Waals surface area contributed by atoms with Gasteiger partial charge in [0.1, 0.15) is 6.61 Å². The Bertz CT molecular complexity index is 828. The number of hydrogen-bond donors (Lipinski definition) is 3. The lowest BCUT2D eigenvalue weighted by atomic mass is 10.1. The fourth-order valence-corrected chi connectivity index (χ4v) is 3.30. The lowest BCUT2D eigenvalue weighted by Crippen LogP contribution is -2.53. The van der Waals surface area contributed by atoms with E-state index in [4.69, 9.17) is 54.6 Å². The fraction of sp³-hybridized carbons (Fsp3) is 0.500. The fourth-order valence-electron chi connectivity index (χ4n) is 2.90. The second-order valence-electron chi connectivity index (χ2n) is 6.90. The first-order valence-corrected chi connectivity index (χ1v) is 10.8. The topological polar surface area (TPSA) is 142 Å². The van der Waals surface area contributed by atoms with E-state index in [1.165, 1.54) is 0 Å². The summed E-state index contributed by atoms with van der Waals surface area (Å²) >= 11 is 12.2. The van der Waals surface area contributed by atoms with E-state index in [0.717, 1.165) is 0 Å². The Balaban J connectivity index is 1.82. The highest BCUT2D eigenvalue weighted by molar-refractivity contribution is 6.43. The summed E-state index contributed by atoms with van der Waals surface area (Å²) in [7, 11) is 1.61. The van der Waals surface area contributed by atoms with Crippen LogP contribution in [0.1, 0.15) is 5.56 Å². The molecular weight excluding hydrogens is 459 g/mol. The minimum atomic E-state index is -0.0868. The van der Waals surface area contributed by atoms with E-state index in [0.29, 0.717) is 68.2 Å². The number of guanidine groups is 1. The Kier molecular flexibility index (Phi) is 10.8. The molecule has 1 aliphatic rings. The highest BCUT2D eigenvalue weighted by Crippen LogP contribution is 2.29. The number of methoxy groups -OCH3 is 1. The molecule has 0 spiro atoms. The maximum absolute atomic E-state index is 12.3. The van der Waals surface area contributed by atoms with Gasteiger partial charge in [-0.25, -0.2) is 0 Å². The van der Waals surface area contributed by atoms with Gasteiger partial charge in [0.15, 0.2) is 11.8 Å². The molecule has 32 heavy (non-hydrogen) atoms. The third-order valence-electron chi connectivity index (χ3n) is 4.74. The van der Waals surface area contributed by atoms with E-state index >= 15 is 0 Å². The van der Waals surface area contributed by atoms with Crippen LogP contribution in [0.2, 0.25) is 10.0 Å². The van der Waals surface area contributed by atoms with Crippen LogP contribution in [-0.2, 0) is 19.0 Å². The molecule has 0 unspecified atom stereocenters. The SMILES string of the molecule is COCCOCCOCC(=O)N1CCN(/C(N)=N/C(N)=C(\N)c2cccc(Cl)c2Cl)CC1. The van der Waals surface area contributed by atoms with Crippen molar-refractivity contribution in [1.82, 2.24) is 9.80 Å². The summed E-state index contributed by atoms with van der Waals surface area (Å²) in [6, 6.07) is 5.06. The Labute approximate surface area is 197 Å². The van der Waals surface area contributed by atoms with Gasteiger partial charge in [-0.1, -0.05) is 35.3 Å². The summed E-state index contributed by atoms with van der Waals surface area (Å²) in [4.78, 5) is 20.0. The normalized spacial score (nSPS) is 15.7. The van der Waals surface area contributed by atoms with Gasteiger partial charge in [-0.05, 0) is 6.07 Å². The van der Waals surface area contributed by atoms with Crippen LogP contribution in [0.4, 0.5) is 0 Å². The third kappa shape index (κ3) is 7.72. The molecule has 10 nitrogen and oxygen atoms in total. The van der Waals surface area contributed by atoms with Gasteiger partial charge in [-0.2, -0.15) is 4.99 Å². The van der Waals surface area contributed by atoms with Crippen LogP contribution in [0.5, 0.6) is 0 Å². The Morgan fingerprint density at radius 2 is 1.62 bits per heavy atom. The van der Waals surface area contributed by atoms with Crippen molar-refractivity contribution >= 4 is 40.8 Å². The standard InChI is InChI=1S/C20H30Cl2N6O4/c1-30-9-10-31-11-12-32-13-16(29)27-5-7-28(8-6-27)20(25)26-19(24)18(23)14-3-2-4-15(21)17(14)22/h2-4H,5-13,23-24H2,1H3,(H2,25,26)/b19-18-. The number of aliphatic imine (C=N–C) groups is 1. The van der Waals surface area contributed by atoms with Gasteiger partial charge in [-0.15, -0.1) is 0 Å². The molecule has 6 N–H and O–H groups in total. The number of carbonyl (C=O) groups is 1. The summed E-state index contributed by atoms with van der Waals surface area (Å²) < 4.78 is 15.5. The van der Waals surface area contributed by atoms with E-state index in [1.807, 2.05) is 4.90 Å². The second-order valence-corrected chi connectivity index (χ2v) is 7.68. The number of nitrogens with two attached hydrogens (primary N) is 3. The van der Waals surface area contributed by atoms with Gasteiger partial charge in [0.2, 0.25) is 5.91 Å². The Hall–Kier alpha value is -2.24. The zero-order chi connectivity index (χ0) is 23.5. The molecule has 1 heterocycles. The average Bonchev–Trinajstić information content (AvgIpc) is 2.79. The number of amides is 1. The minimum absolute atomic E-state index is 0.00379. The number of piperazine rings is 1. The van der Waals surface area contributed by atoms with Crippen molar-refractivity contribution in [2.45, 2.75) is 0 Å². The third-order valence-corrected chi connectivity index (χ3v) is 5.56. The summed E-state index contributed by atoms with van der Waals surface area (Å²) in [6.07, 6.45) is 0. The van der Waals surface area contributed by atoms with E-state index < -0.39 is 0 Å². The van der Waals surface area contributed by atoms with Gasteiger partial charge in [0.25, 0.3) is 0 Å². The van der Waals surface area contributed by atoms with Gasteiger partial charge in [-0.3, -0.25) is 4.79 Å². The van der Waals surface area contributed by atoms with Crippen LogP contribution < -0.4 is 17.2 Å². The zero-order valence-electron chi connectivity index (χ0n) is 18.1. The maximum Gasteiger partial charge on any atom is 0.248 e. The Morgan fingerprint density at radius 3 is 2.31 bits per heavy atom. The maximum atomic E-state index is 12.3. The van der Waals surface area contributed by atoms with Crippen molar-refractivity contribution < 1.29 is 19.0 Å². The molecule has 0 bridgehead atoms. The molecule has 1 aliphatic heterocycles. The molecule has 0 saturated carbocycles. The monoisotopic (exact) mass is 488 g/mol. The predicted octanol–water partition coefficient (Wildman–Crippen LogP) is 0.675. The van der Waals surface area contributed by atoms with Crippen molar-refractivity contribution in [2.75, 3.05) is 66.3 Å². The molecule has 0 atom stereocenters. The number of hydrogen-bond acceptors (Lipinski definition) is 7. The lowest BCUT2D eigenvalue weighted by molar-refractivity contribution is -0.138. The number of carbonyl (C=O) groups excluding carboxylic acids is 1. The highest BCUT2D eigenvalue weighted by atomic mass is 35.5. The van der Waals surface area contributed by atoms with E-state index in [1.54, 1.807) is 30.2 Å². The van der Waals surface area contributed by atoms with Gasteiger partial charge in [0.05, 0.1) is 42.2 Å². The van der Waals surface area contributed by atoms with Crippen LogP contribution in [0.15, 0.2) is 29.0 Å². The van der Waals surface area contributed by atoms with Crippen molar-refractivity contribution in [1.29, 1.82) is 0 Å². The lowest BCUT2D eigenvalue weighted by Gasteiger charge is -2.35. The van der Waals surface area contributed by atoms with Crippen LogP contribution in [-0.4, -0.2) is 88.0 Å². The first-order chi connectivity index (χ1) is 15.3. The predicted molar refractivity (Wildman–Crippen MR) is 125 cm³/mol. The molecule has 178 valence electrons. The molecule has 1 fully saturated rings. The summed E-state index contributed by atoms with van der Waals surface area (Å²) in [5.74, 6) is 0.155. The van der Waals surface area contributed by atoms with Crippen molar-refractivity contribution in [3.05, 3.63) is 39.6 Å². The number of rotatable bonds is 10. The smallest absolute Gasteiger partial charge is 0.248 e. The first kappa shape index (κ1) is 26.0. The van der Waals surface area contributed by atoms with E-state index in [9.17, 15) is 4.79 Å². The van der Waals surface area contributed by atoms with Crippen molar-refractivity contribution in [3.8, 4) is 0 Å². The zero-order valence-corrected chi connectivity index (χ0v) is 19.6. The summed E-state index contributed by atoms with van der Waals surface area (Å²) in [6.45, 7) is 3.77. The largest absolute Gasteiger partial charge is 0.395 e. The van der Waals surface area contributed by atoms with Gasteiger partial charge in [0, 0.05) is 38.9 Å². The van der Waals surface area contributed by atoms with Crippen LogP contribution in [0.3, 0.4) is 0 Å². The van der Waals surface area contributed by atoms with Gasteiger partial charge >= 0.3 is 0 Å². The molecule has 1 saturated heterocycles. The number of benzene rings is 1. The number of ether oxygens (including phenoxy) is 3. The second kappa shape index (κ2) is 13.3. The molecule has 1 aromatic carbocycles. The molecule has 1 amide bonds.